The Morgan fingerprint density at radius 1 is 1.75 bits per heavy atom. The van der Waals surface area contributed by atoms with Crippen molar-refractivity contribution in [2.24, 2.45) is 5.73 Å². The molecule has 1 unspecified atom stereocenters. The zero-order valence-electron chi connectivity index (χ0n) is 7.30. The van der Waals surface area contributed by atoms with E-state index in [1.807, 2.05) is 13.8 Å². The Hall–Kier alpha value is 0.510. The van der Waals surface area contributed by atoms with Crippen LogP contribution in [0.25, 0.3) is 0 Å². The van der Waals surface area contributed by atoms with Crippen LogP contribution in [-0.2, 0) is 4.79 Å². The fraction of sp³-hybridized carbons (Fsp3) is 0.857. The number of carbonyl (C=O) groups is 1. The van der Waals surface area contributed by atoms with Gasteiger partial charge in [-0.15, -0.1) is 0 Å². The Morgan fingerprint density at radius 3 is 2.58 bits per heavy atom. The Balaban J connectivity index is 3.94. The van der Waals surface area contributed by atoms with E-state index >= 15 is 0 Å². The number of halogens is 1. The maximum absolute atomic E-state index is 11.3. The maximum Gasteiger partial charge on any atom is 0.238 e. The van der Waals surface area contributed by atoms with E-state index in [9.17, 15) is 4.79 Å². The number of thiol groups is 1. The fourth-order valence-electron chi connectivity index (χ4n) is 0.601. The molecular formula is C7H15IN2OS. The molecule has 1 amide bonds. The predicted molar refractivity (Wildman–Crippen MR) is 62.9 cm³/mol. The van der Waals surface area contributed by atoms with Gasteiger partial charge in [-0.1, -0.05) is 22.6 Å². The first-order valence-corrected chi connectivity index (χ1v) is 5.68. The van der Waals surface area contributed by atoms with E-state index in [1.54, 1.807) is 0 Å². The van der Waals surface area contributed by atoms with Crippen molar-refractivity contribution in [1.82, 2.24) is 5.32 Å². The summed E-state index contributed by atoms with van der Waals surface area (Å²) in [6.45, 7) is 4.31. The minimum Gasteiger partial charge on any atom is -0.354 e. The number of nitrogens with two attached hydrogens (primary N) is 1. The van der Waals surface area contributed by atoms with E-state index in [2.05, 4.69) is 40.5 Å². The maximum atomic E-state index is 11.3. The van der Waals surface area contributed by atoms with Crippen LogP contribution in [0.15, 0.2) is 0 Å². The predicted octanol–water partition coefficient (Wildman–Crippen LogP) is 0.573. The van der Waals surface area contributed by atoms with Gasteiger partial charge in [0, 0.05) is 15.7 Å². The molecule has 0 aliphatic rings. The van der Waals surface area contributed by atoms with Gasteiger partial charge >= 0.3 is 0 Å². The number of hydrogen-bond donors (Lipinski definition) is 3. The second-order valence-electron chi connectivity index (χ2n) is 3.11. The van der Waals surface area contributed by atoms with Crippen molar-refractivity contribution in [1.29, 1.82) is 0 Å². The van der Waals surface area contributed by atoms with Gasteiger partial charge in [-0.25, -0.2) is 0 Å². The van der Waals surface area contributed by atoms with Gasteiger partial charge in [0.2, 0.25) is 5.91 Å². The molecule has 0 heterocycles. The van der Waals surface area contributed by atoms with Crippen LogP contribution in [0, 0.1) is 0 Å². The van der Waals surface area contributed by atoms with E-state index in [0.717, 1.165) is 4.43 Å². The Morgan fingerprint density at radius 2 is 2.25 bits per heavy atom. The van der Waals surface area contributed by atoms with Crippen LogP contribution in [0.1, 0.15) is 13.8 Å². The summed E-state index contributed by atoms with van der Waals surface area (Å²) in [4.78, 5) is 11.3. The van der Waals surface area contributed by atoms with Crippen LogP contribution >= 0.6 is 35.2 Å². The topological polar surface area (TPSA) is 55.1 Å². The summed E-state index contributed by atoms with van der Waals surface area (Å²) in [6, 6.07) is -0.552. The summed E-state index contributed by atoms with van der Waals surface area (Å²) in [5, 5.41) is 2.72. The summed E-state index contributed by atoms with van der Waals surface area (Å²) >= 11 is 6.41. The number of alkyl halides is 1. The molecule has 0 spiro atoms. The third-order valence-electron chi connectivity index (χ3n) is 1.44. The number of hydrogen-bond acceptors (Lipinski definition) is 3. The van der Waals surface area contributed by atoms with Gasteiger partial charge in [-0.05, 0) is 13.8 Å². The molecule has 0 rings (SSSR count). The highest BCUT2D eigenvalue weighted by atomic mass is 127. The Labute approximate surface area is 92.4 Å². The molecule has 0 aromatic rings. The van der Waals surface area contributed by atoms with Crippen molar-refractivity contribution in [3.05, 3.63) is 0 Å². The van der Waals surface area contributed by atoms with Crippen LogP contribution < -0.4 is 11.1 Å². The van der Waals surface area contributed by atoms with E-state index < -0.39 is 10.8 Å². The summed E-state index contributed by atoms with van der Waals surface area (Å²) in [5.74, 6) is -0.133. The van der Waals surface area contributed by atoms with Gasteiger partial charge in [0.25, 0.3) is 0 Å². The monoisotopic (exact) mass is 302 g/mol. The zero-order valence-corrected chi connectivity index (χ0v) is 10.4. The quantitative estimate of drug-likeness (QED) is 0.404. The molecule has 3 nitrogen and oxygen atoms in total. The summed E-state index contributed by atoms with van der Waals surface area (Å²) in [6.07, 6.45) is 0. The molecule has 12 heavy (non-hydrogen) atoms. The number of rotatable bonds is 4. The molecule has 72 valence electrons. The van der Waals surface area contributed by atoms with E-state index in [1.165, 1.54) is 0 Å². The largest absolute Gasteiger partial charge is 0.354 e. The fourth-order valence-corrected chi connectivity index (χ4v) is 0.988. The van der Waals surface area contributed by atoms with Crippen molar-refractivity contribution < 1.29 is 4.79 Å². The van der Waals surface area contributed by atoms with Gasteiger partial charge < -0.3 is 11.1 Å². The summed E-state index contributed by atoms with van der Waals surface area (Å²) < 4.78 is 0.429. The Bertz CT molecular complexity index is 158. The first kappa shape index (κ1) is 12.5. The average Bonchev–Trinajstić information content (AvgIpc) is 1.97. The minimum atomic E-state index is -0.552. The molecule has 5 heteroatoms. The standard InChI is InChI=1S/C7H15IN2OS/c1-7(2,12)5(9)6(11)10-4-3-8/h5,12H,3-4,9H2,1-2H3,(H,10,11). The smallest absolute Gasteiger partial charge is 0.238 e. The summed E-state index contributed by atoms with van der Waals surface area (Å²) in [7, 11) is 0. The van der Waals surface area contributed by atoms with E-state index in [-0.39, 0.29) is 5.91 Å². The first-order valence-electron chi connectivity index (χ1n) is 3.71. The van der Waals surface area contributed by atoms with Gasteiger partial charge in [-0.3, -0.25) is 4.79 Å². The van der Waals surface area contributed by atoms with Gasteiger partial charge in [0.05, 0.1) is 6.04 Å². The summed E-state index contributed by atoms with van der Waals surface area (Å²) in [5.41, 5.74) is 5.64. The number of carbonyl (C=O) groups excluding carboxylic acids is 1. The SMILES string of the molecule is CC(C)(S)C(N)C(=O)NCCI. The van der Waals surface area contributed by atoms with Crippen LogP contribution in [-0.4, -0.2) is 27.7 Å². The Kier molecular flexibility index (Phi) is 5.51. The van der Waals surface area contributed by atoms with E-state index in [0.29, 0.717) is 6.54 Å². The normalized spacial score (nSPS) is 14.1. The lowest BCUT2D eigenvalue weighted by molar-refractivity contribution is -0.122. The molecule has 0 aromatic carbocycles. The van der Waals surface area contributed by atoms with Crippen LogP contribution in [0.5, 0.6) is 0 Å². The highest BCUT2D eigenvalue weighted by Gasteiger charge is 2.27. The third kappa shape index (κ3) is 4.51. The molecule has 0 radical (unpaired) electrons. The first-order chi connectivity index (χ1) is 5.39. The van der Waals surface area contributed by atoms with Gasteiger partial charge in [-0.2, -0.15) is 12.6 Å². The second-order valence-corrected chi connectivity index (χ2v) is 5.34. The third-order valence-corrected chi connectivity index (χ3v) is 2.25. The minimum absolute atomic E-state index is 0.133. The molecule has 0 fully saturated rings. The lowest BCUT2D eigenvalue weighted by Crippen LogP contribution is -2.51. The van der Waals surface area contributed by atoms with Crippen molar-refractivity contribution in [3.8, 4) is 0 Å². The molecule has 3 N–H and O–H groups in total. The molecule has 0 saturated carbocycles. The van der Waals surface area contributed by atoms with Crippen LogP contribution in [0.4, 0.5) is 0 Å². The number of amides is 1. The van der Waals surface area contributed by atoms with Crippen LogP contribution in [0.3, 0.4) is 0 Å². The highest BCUT2D eigenvalue weighted by Crippen LogP contribution is 2.15. The lowest BCUT2D eigenvalue weighted by Gasteiger charge is -2.24. The van der Waals surface area contributed by atoms with Crippen molar-refractivity contribution in [2.75, 3.05) is 11.0 Å². The average molecular weight is 302 g/mol. The van der Waals surface area contributed by atoms with Crippen molar-refractivity contribution in [3.63, 3.8) is 0 Å². The zero-order chi connectivity index (χ0) is 9.78. The molecule has 0 aliphatic heterocycles. The van der Waals surface area contributed by atoms with Gasteiger partial charge in [0.15, 0.2) is 0 Å². The van der Waals surface area contributed by atoms with Crippen molar-refractivity contribution in [2.45, 2.75) is 24.6 Å². The highest BCUT2D eigenvalue weighted by molar-refractivity contribution is 14.1. The second kappa shape index (κ2) is 5.29. The number of nitrogens with one attached hydrogen (secondary N) is 1. The molecule has 0 saturated heterocycles. The van der Waals surface area contributed by atoms with Gasteiger partial charge in [0.1, 0.15) is 0 Å². The lowest BCUT2D eigenvalue weighted by atomic mass is 10.0. The molecular weight excluding hydrogens is 287 g/mol. The molecule has 1 atom stereocenters. The van der Waals surface area contributed by atoms with Crippen LogP contribution in [0.2, 0.25) is 0 Å². The molecule has 0 aromatic heterocycles. The molecule has 0 aliphatic carbocycles. The van der Waals surface area contributed by atoms with E-state index in [4.69, 9.17) is 5.73 Å². The van der Waals surface area contributed by atoms with Crippen molar-refractivity contribution >= 4 is 41.1 Å². The molecule has 0 bridgehead atoms.